The smallest absolute Gasteiger partial charge is 0.330 e. The predicted molar refractivity (Wildman–Crippen MR) is 245 cm³/mol. The molecule has 0 saturated carbocycles. The van der Waals surface area contributed by atoms with Gasteiger partial charge in [-0.3, -0.25) is 24.3 Å². The van der Waals surface area contributed by atoms with E-state index in [1.807, 2.05) is 36.4 Å². The lowest BCUT2D eigenvalue weighted by atomic mass is 10.1. The summed E-state index contributed by atoms with van der Waals surface area (Å²) in [5, 5.41) is 9.32. The zero-order valence-corrected chi connectivity index (χ0v) is 35.9. The van der Waals surface area contributed by atoms with E-state index in [2.05, 4.69) is 73.2 Å². The van der Waals surface area contributed by atoms with E-state index in [4.69, 9.17) is 14.5 Å². The van der Waals surface area contributed by atoms with E-state index >= 15 is 0 Å². The number of amides is 4. The first-order valence-corrected chi connectivity index (χ1v) is 21.5. The molecular formula is C48H57N9O5. The second-order valence-corrected chi connectivity index (χ2v) is 15.6. The Kier molecular flexibility index (Phi) is 14.9. The number of carbonyl (C=O) groups is 3. The molecule has 0 bridgehead atoms. The molecule has 3 N–H and O–H groups in total. The van der Waals surface area contributed by atoms with Crippen molar-refractivity contribution in [2.24, 2.45) is 0 Å². The molecule has 1 aromatic heterocycles. The van der Waals surface area contributed by atoms with Gasteiger partial charge in [0.15, 0.2) is 0 Å². The summed E-state index contributed by atoms with van der Waals surface area (Å²) in [6, 6.07) is 31.3. The summed E-state index contributed by atoms with van der Waals surface area (Å²) in [5.74, 6) is 2.00. The lowest BCUT2D eigenvalue weighted by Gasteiger charge is -2.36. The Balaban J connectivity index is 0.942. The molecule has 5 aromatic rings. The number of aryl methyl sites for hydroxylation is 1. The van der Waals surface area contributed by atoms with Crippen LogP contribution in [0.2, 0.25) is 0 Å². The van der Waals surface area contributed by atoms with Crippen LogP contribution >= 0.6 is 0 Å². The third kappa shape index (κ3) is 11.6. The molecule has 2 aliphatic heterocycles. The summed E-state index contributed by atoms with van der Waals surface area (Å²) < 4.78 is 11.0. The van der Waals surface area contributed by atoms with Crippen LogP contribution in [0.25, 0.3) is 0 Å². The molecule has 2 aliphatic rings. The van der Waals surface area contributed by atoms with Gasteiger partial charge in [-0.25, -0.2) is 9.78 Å². The number of anilines is 6. The molecule has 7 rings (SSSR count). The number of nitrogens with zero attached hydrogens (tertiary/aromatic N) is 6. The standard InChI is InChI=1S/C48H57N9O5/c1-4-44(58)51-38-17-15-36(16-18-38)32-57-46-37(33-56(48(57)60)41-28-42(61-2)30-43(29-41)62-3)31-50-47(53-46)52-39-19-21-40(22-20-39)55-26-24-54(25-27-55)34-45(59)49-23-11-6-5-8-12-35-13-9-7-10-14-35/h7,9-10,13-22,28-31H,4-6,8,11-12,23-27,32-34H2,1-3H3,(H,49,59)(H,51,58)(H,50,52,53). The summed E-state index contributed by atoms with van der Waals surface area (Å²) in [4.78, 5) is 56.4. The number of piperazine rings is 1. The first-order valence-electron chi connectivity index (χ1n) is 21.5. The minimum atomic E-state index is -0.272. The lowest BCUT2D eigenvalue weighted by molar-refractivity contribution is -0.122. The van der Waals surface area contributed by atoms with Gasteiger partial charge in [-0.2, -0.15) is 4.98 Å². The molecule has 14 heteroatoms. The van der Waals surface area contributed by atoms with Gasteiger partial charge in [0.1, 0.15) is 17.3 Å². The van der Waals surface area contributed by atoms with Gasteiger partial charge >= 0.3 is 6.03 Å². The summed E-state index contributed by atoms with van der Waals surface area (Å²) in [6.07, 6.45) is 7.73. The summed E-state index contributed by atoms with van der Waals surface area (Å²) >= 11 is 0. The molecule has 0 aliphatic carbocycles. The van der Waals surface area contributed by atoms with Crippen LogP contribution in [-0.4, -0.2) is 86.2 Å². The number of nitrogens with one attached hydrogen (secondary N) is 3. The molecule has 14 nitrogen and oxygen atoms in total. The molecule has 4 aromatic carbocycles. The van der Waals surface area contributed by atoms with E-state index in [1.54, 1.807) is 55.3 Å². The van der Waals surface area contributed by atoms with Crippen LogP contribution in [-0.2, 0) is 29.1 Å². The van der Waals surface area contributed by atoms with Gasteiger partial charge in [-0.15, -0.1) is 0 Å². The molecule has 0 unspecified atom stereocenters. The number of aromatic nitrogens is 2. The van der Waals surface area contributed by atoms with Crippen molar-refractivity contribution in [2.45, 2.75) is 58.5 Å². The highest BCUT2D eigenvalue weighted by molar-refractivity contribution is 6.05. The van der Waals surface area contributed by atoms with Crippen LogP contribution in [0, 0.1) is 0 Å². The van der Waals surface area contributed by atoms with Crippen molar-refractivity contribution in [1.82, 2.24) is 20.2 Å². The van der Waals surface area contributed by atoms with Crippen molar-refractivity contribution < 1.29 is 23.9 Å². The van der Waals surface area contributed by atoms with Gasteiger partial charge in [-0.1, -0.05) is 62.2 Å². The number of fused-ring (bicyclic) bond motifs is 1. The number of ether oxygens (including phenoxy) is 2. The minimum absolute atomic E-state index is 0.0728. The van der Waals surface area contributed by atoms with E-state index in [-0.39, 0.29) is 30.9 Å². The first kappa shape index (κ1) is 43.4. The summed E-state index contributed by atoms with van der Waals surface area (Å²) in [6.45, 7) is 6.71. The normalized spacial score (nSPS) is 14.0. The Bertz CT molecular complexity index is 2240. The van der Waals surface area contributed by atoms with E-state index in [1.165, 1.54) is 18.4 Å². The molecule has 1 fully saturated rings. The first-order chi connectivity index (χ1) is 30.3. The largest absolute Gasteiger partial charge is 0.497 e. The van der Waals surface area contributed by atoms with Crippen molar-refractivity contribution in [3.05, 3.63) is 120 Å². The van der Waals surface area contributed by atoms with Crippen LogP contribution in [0.5, 0.6) is 11.5 Å². The number of rotatable bonds is 19. The number of unbranched alkanes of at least 4 members (excludes halogenated alkanes) is 3. The summed E-state index contributed by atoms with van der Waals surface area (Å²) in [7, 11) is 3.15. The zero-order chi connectivity index (χ0) is 43.3. The van der Waals surface area contributed by atoms with E-state index in [0.29, 0.717) is 47.6 Å². The van der Waals surface area contributed by atoms with Gasteiger partial charge < -0.3 is 30.3 Å². The second-order valence-electron chi connectivity index (χ2n) is 15.6. The van der Waals surface area contributed by atoms with Gasteiger partial charge in [0.2, 0.25) is 17.8 Å². The van der Waals surface area contributed by atoms with Crippen LogP contribution in [0.3, 0.4) is 0 Å². The van der Waals surface area contributed by atoms with Crippen molar-refractivity contribution in [3.8, 4) is 11.5 Å². The molecule has 1 saturated heterocycles. The molecule has 4 amide bonds. The Morgan fingerprint density at radius 2 is 1.44 bits per heavy atom. The molecular weight excluding hydrogens is 783 g/mol. The van der Waals surface area contributed by atoms with E-state index in [0.717, 1.165) is 74.5 Å². The number of methoxy groups -OCH3 is 2. The third-order valence-electron chi connectivity index (χ3n) is 11.2. The molecule has 324 valence electrons. The maximum atomic E-state index is 14.4. The fourth-order valence-corrected chi connectivity index (χ4v) is 7.68. The lowest BCUT2D eigenvalue weighted by Crippen LogP contribution is -2.49. The topological polar surface area (TPSA) is 144 Å². The maximum absolute atomic E-state index is 14.4. The van der Waals surface area contributed by atoms with Crippen molar-refractivity contribution in [1.29, 1.82) is 0 Å². The van der Waals surface area contributed by atoms with E-state index in [9.17, 15) is 14.4 Å². The van der Waals surface area contributed by atoms with Crippen molar-refractivity contribution >= 4 is 52.4 Å². The molecule has 62 heavy (non-hydrogen) atoms. The van der Waals surface area contributed by atoms with Gasteiger partial charge in [0.25, 0.3) is 0 Å². The average Bonchev–Trinajstić information content (AvgIpc) is 3.30. The van der Waals surface area contributed by atoms with Crippen LogP contribution in [0.4, 0.5) is 39.3 Å². The Labute approximate surface area is 364 Å². The number of urea groups is 1. The number of carbonyl (C=O) groups excluding carboxylic acids is 3. The SMILES string of the molecule is CCC(=O)Nc1ccc(CN2C(=O)N(c3cc(OC)cc(OC)c3)Cc3cnc(Nc4ccc(N5CCN(CC(=O)NCCCCCCc6ccccc6)CC5)cc4)nc32)cc1. The molecule has 0 radical (unpaired) electrons. The van der Waals surface area contributed by atoms with E-state index < -0.39 is 0 Å². The Morgan fingerprint density at radius 1 is 0.742 bits per heavy atom. The number of benzene rings is 4. The summed E-state index contributed by atoms with van der Waals surface area (Å²) in [5.41, 5.74) is 6.21. The number of hydrogen-bond donors (Lipinski definition) is 3. The van der Waals surface area contributed by atoms with Crippen LogP contribution < -0.4 is 40.1 Å². The maximum Gasteiger partial charge on any atom is 0.330 e. The molecule has 0 spiro atoms. The van der Waals surface area contributed by atoms with Gasteiger partial charge in [0.05, 0.1) is 39.5 Å². The quantitative estimate of drug-likeness (QED) is 0.0706. The molecule has 0 atom stereocenters. The Morgan fingerprint density at radius 3 is 2.13 bits per heavy atom. The van der Waals surface area contributed by atoms with Crippen LogP contribution in [0.15, 0.2) is 103 Å². The predicted octanol–water partition coefficient (Wildman–Crippen LogP) is 7.77. The average molecular weight is 840 g/mol. The third-order valence-corrected chi connectivity index (χ3v) is 11.2. The van der Waals surface area contributed by atoms with Crippen molar-refractivity contribution in [3.63, 3.8) is 0 Å². The highest BCUT2D eigenvalue weighted by Gasteiger charge is 2.34. The number of hydrogen-bond acceptors (Lipinski definition) is 10. The highest BCUT2D eigenvalue weighted by atomic mass is 16.5. The fourth-order valence-electron chi connectivity index (χ4n) is 7.68. The second kappa shape index (κ2) is 21.2. The zero-order valence-electron chi connectivity index (χ0n) is 35.9. The van der Waals surface area contributed by atoms with Crippen molar-refractivity contribution in [2.75, 3.05) is 78.8 Å². The monoisotopic (exact) mass is 839 g/mol. The Hall–Kier alpha value is -6.67. The van der Waals surface area contributed by atoms with Crippen LogP contribution in [0.1, 0.15) is 55.7 Å². The van der Waals surface area contributed by atoms with Gasteiger partial charge in [0, 0.05) is 86.2 Å². The minimum Gasteiger partial charge on any atom is -0.497 e. The highest BCUT2D eigenvalue weighted by Crippen LogP contribution is 2.36. The molecule has 3 heterocycles. The van der Waals surface area contributed by atoms with Gasteiger partial charge in [-0.05, 0) is 66.8 Å². The fraction of sp³-hybridized carbons (Fsp3) is 0.354.